The standard InChI is InChI=1S/C49H38N2/c1-3-16-44(35-36(2)45-24-15-26-48-49(45)46-23-13-14-25-47(46)51(48)41-21-11-6-12-22-41)50(42-31-27-39(28-32-42)37-17-7-4-8-18-37)43-33-29-40(30-34-43)38-19-9-5-10-20-38/h3-35H,1H2,2H3/b36-35+,44-16+. The maximum absolute atomic E-state index is 4.15. The van der Waals surface area contributed by atoms with Gasteiger partial charge >= 0.3 is 0 Å². The molecule has 0 spiro atoms. The molecular formula is C49H38N2. The van der Waals surface area contributed by atoms with Crippen LogP contribution in [0.3, 0.4) is 0 Å². The first kappa shape index (κ1) is 31.6. The van der Waals surface area contributed by atoms with Crippen molar-refractivity contribution in [1.29, 1.82) is 0 Å². The highest BCUT2D eigenvalue weighted by molar-refractivity contribution is 6.13. The number of anilines is 2. The highest BCUT2D eigenvalue weighted by Crippen LogP contribution is 2.39. The molecule has 51 heavy (non-hydrogen) atoms. The van der Waals surface area contributed by atoms with Gasteiger partial charge in [-0.05, 0) is 101 Å². The van der Waals surface area contributed by atoms with Crippen molar-refractivity contribution in [2.45, 2.75) is 6.92 Å². The maximum atomic E-state index is 4.15. The van der Waals surface area contributed by atoms with Crippen LogP contribution >= 0.6 is 0 Å². The van der Waals surface area contributed by atoms with Crippen LogP contribution in [-0.4, -0.2) is 4.57 Å². The van der Waals surface area contributed by atoms with E-state index in [0.717, 1.165) is 28.3 Å². The lowest BCUT2D eigenvalue weighted by Crippen LogP contribution is -2.15. The van der Waals surface area contributed by atoms with Gasteiger partial charge in [-0.1, -0.05) is 146 Å². The second kappa shape index (κ2) is 14.1. The number of rotatable bonds is 9. The van der Waals surface area contributed by atoms with Crippen LogP contribution in [0.4, 0.5) is 11.4 Å². The number of hydrogen-bond acceptors (Lipinski definition) is 1. The predicted octanol–water partition coefficient (Wildman–Crippen LogP) is 13.4. The van der Waals surface area contributed by atoms with Gasteiger partial charge in [-0.2, -0.15) is 0 Å². The highest BCUT2D eigenvalue weighted by atomic mass is 15.1. The summed E-state index contributed by atoms with van der Waals surface area (Å²) in [4.78, 5) is 2.32. The van der Waals surface area contributed by atoms with Gasteiger partial charge in [0.05, 0.1) is 11.0 Å². The monoisotopic (exact) mass is 654 g/mol. The summed E-state index contributed by atoms with van der Waals surface area (Å²) < 4.78 is 2.37. The average Bonchev–Trinajstić information content (AvgIpc) is 3.54. The topological polar surface area (TPSA) is 8.17 Å². The fraction of sp³-hybridized carbons (Fsp3) is 0.0204. The van der Waals surface area contributed by atoms with Gasteiger partial charge < -0.3 is 9.47 Å². The van der Waals surface area contributed by atoms with Gasteiger partial charge in [0, 0.05) is 33.5 Å². The molecule has 1 aromatic heterocycles. The van der Waals surface area contributed by atoms with Crippen molar-refractivity contribution in [3.8, 4) is 27.9 Å². The Morgan fingerprint density at radius 1 is 0.510 bits per heavy atom. The van der Waals surface area contributed by atoms with Crippen LogP contribution in [0.25, 0.3) is 55.3 Å². The van der Waals surface area contributed by atoms with E-state index in [1.807, 2.05) is 6.08 Å². The zero-order chi connectivity index (χ0) is 34.6. The molecule has 0 aliphatic heterocycles. The Morgan fingerprint density at radius 2 is 1.00 bits per heavy atom. The van der Waals surface area contributed by atoms with Crippen LogP contribution in [0, 0.1) is 0 Å². The van der Waals surface area contributed by atoms with Gasteiger partial charge in [0.1, 0.15) is 0 Å². The summed E-state index contributed by atoms with van der Waals surface area (Å²) in [5, 5.41) is 2.48. The Morgan fingerprint density at radius 3 is 1.57 bits per heavy atom. The fourth-order valence-electron chi connectivity index (χ4n) is 7.13. The van der Waals surface area contributed by atoms with Gasteiger partial charge in [0.15, 0.2) is 0 Å². The highest BCUT2D eigenvalue weighted by Gasteiger charge is 2.18. The molecule has 0 atom stereocenters. The molecule has 244 valence electrons. The molecule has 2 nitrogen and oxygen atoms in total. The molecule has 1 heterocycles. The average molecular weight is 655 g/mol. The van der Waals surface area contributed by atoms with E-state index in [9.17, 15) is 0 Å². The van der Waals surface area contributed by atoms with E-state index >= 15 is 0 Å². The second-order valence-corrected chi connectivity index (χ2v) is 12.7. The van der Waals surface area contributed by atoms with E-state index < -0.39 is 0 Å². The van der Waals surface area contributed by atoms with Crippen molar-refractivity contribution in [2.24, 2.45) is 0 Å². The Labute approximate surface area is 300 Å². The van der Waals surface area contributed by atoms with Gasteiger partial charge in [-0.3, -0.25) is 0 Å². The number of allylic oxidation sites excluding steroid dienone is 4. The third-order valence-electron chi connectivity index (χ3n) is 9.51. The SMILES string of the molecule is C=C/C=C(\C=C(/C)c1cccc2c1c1ccccc1n2-c1ccccc1)N(c1ccc(-c2ccccc2)cc1)c1ccc(-c2ccccc2)cc1. The van der Waals surface area contributed by atoms with Crippen molar-refractivity contribution in [3.63, 3.8) is 0 Å². The van der Waals surface area contributed by atoms with Gasteiger partial charge in [0.2, 0.25) is 0 Å². The molecule has 0 fully saturated rings. The molecule has 0 aliphatic carbocycles. The quantitative estimate of drug-likeness (QED) is 0.141. The van der Waals surface area contributed by atoms with Crippen molar-refractivity contribution in [2.75, 3.05) is 4.90 Å². The predicted molar refractivity (Wildman–Crippen MR) is 219 cm³/mol. The number of nitrogens with zero attached hydrogens (tertiary/aromatic N) is 2. The molecule has 0 aliphatic rings. The second-order valence-electron chi connectivity index (χ2n) is 12.7. The summed E-state index contributed by atoms with van der Waals surface area (Å²) in [6.45, 7) is 6.37. The van der Waals surface area contributed by atoms with E-state index in [1.54, 1.807) is 0 Å². The zero-order valence-electron chi connectivity index (χ0n) is 28.7. The molecule has 8 rings (SSSR count). The minimum Gasteiger partial charge on any atom is -0.310 e. The van der Waals surface area contributed by atoms with Gasteiger partial charge in [-0.25, -0.2) is 0 Å². The van der Waals surface area contributed by atoms with Gasteiger partial charge in [-0.15, -0.1) is 0 Å². The number of aromatic nitrogens is 1. The van der Waals surface area contributed by atoms with E-state index in [-0.39, 0.29) is 0 Å². The van der Waals surface area contributed by atoms with Crippen LogP contribution in [-0.2, 0) is 0 Å². The minimum absolute atomic E-state index is 1.02. The Balaban J connectivity index is 1.27. The molecule has 2 heteroatoms. The molecule has 0 amide bonds. The van der Waals surface area contributed by atoms with Crippen LogP contribution in [0.5, 0.6) is 0 Å². The molecular weight excluding hydrogens is 617 g/mol. The Kier molecular flexibility index (Phi) is 8.72. The van der Waals surface area contributed by atoms with Crippen LogP contribution in [0.2, 0.25) is 0 Å². The smallest absolute Gasteiger partial charge is 0.0547 e. The van der Waals surface area contributed by atoms with Crippen LogP contribution < -0.4 is 4.90 Å². The third-order valence-corrected chi connectivity index (χ3v) is 9.51. The van der Waals surface area contributed by atoms with Crippen molar-refractivity contribution in [1.82, 2.24) is 4.57 Å². The molecule has 0 unspecified atom stereocenters. The van der Waals surface area contributed by atoms with E-state index in [0.29, 0.717) is 0 Å². The molecule has 7 aromatic carbocycles. The maximum Gasteiger partial charge on any atom is 0.0547 e. The van der Waals surface area contributed by atoms with Gasteiger partial charge in [0.25, 0.3) is 0 Å². The first-order chi connectivity index (χ1) is 25.2. The summed E-state index contributed by atoms with van der Waals surface area (Å²) in [7, 11) is 0. The lowest BCUT2D eigenvalue weighted by atomic mass is 9.99. The Hall–Kier alpha value is -6.64. The number of hydrogen-bond donors (Lipinski definition) is 0. The zero-order valence-corrected chi connectivity index (χ0v) is 28.7. The van der Waals surface area contributed by atoms with Crippen molar-refractivity contribution >= 4 is 38.8 Å². The lowest BCUT2D eigenvalue weighted by Gasteiger charge is -2.27. The van der Waals surface area contributed by atoms with E-state index in [1.165, 1.54) is 49.6 Å². The summed E-state index contributed by atoms with van der Waals surface area (Å²) in [5.74, 6) is 0. The summed E-state index contributed by atoms with van der Waals surface area (Å²) >= 11 is 0. The fourth-order valence-corrected chi connectivity index (χ4v) is 7.13. The van der Waals surface area contributed by atoms with Crippen LogP contribution in [0.1, 0.15) is 12.5 Å². The molecule has 0 saturated heterocycles. The normalized spacial score (nSPS) is 11.9. The molecule has 0 N–H and O–H groups in total. The van der Waals surface area contributed by atoms with Crippen molar-refractivity contribution < 1.29 is 0 Å². The van der Waals surface area contributed by atoms with Crippen LogP contribution in [0.15, 0.2) is 212 Å². The number of fused-ring (bicyclic) bond motifs is 3. The Bertz CT molecular complexity index is 2420. The van der Waals surface area contributed by atoms with E-state index in [2.05, 4.69) is 217 Å². The molecule has 0 radical (unpaired) electrons. The summed E-state index contributed by atoms with van der Waals surface area (Å²) in [5.41, 5.74) is 13.8. The minimum atomic E-state index is 1.02. The number of benzene rings is 7. The first-order valence-electron chi connectivity index (χ1n) is 17.4. The lowest BCUT2D eigenvalue weighted by molar-refractivity contribution is 1.18. The summed E-state index contributed by atoms with van der Waals surface area (Å²) in [6, 6.07) is 64.7. The molecule has 8 aromatic rings. The van der Waals surface area contributed by atoms with Crippen molar-refractivity contribution in [3.05, 3.63) is 218 Å². The first-order valence-corrected chi connectivity index (χ1v) is 17.4. The third kappa shape index (κ3) is 6.20. The summed E-state index contributed by atoms with van der Waals surface area (Å²) in [6.07, 6.45) is 6.28. The molecule has 0 bridgehead atoms. The molecule has 0 saturated carbocycles. The number of para-hydroxylation sites is 2. The van der Waals surface area contributed by atoms with E-state index in [4.69, 9.17) is 0 Å². The largest absolute Gasteiger partial charge is 0.310 e.